The standard InChI is InChI=1S/C58H43NO/c1-57(2)48-25-10-7-21-43(48)45-32-31-38(35-50(45)57)40-19-9-12-27-51(40)59(52-28-15-29-53-54(52)47-33-30-36-16-5-6-20-42(36)56(47)60-53)39-18-13-17-37(34-39)41-23-14-24-46-44-22-8-11-26-49(44)58(3,4)55(41)46/h5-35H,1-4H3. The van der Waals surface area contributed by atoms with Crippen molar-refractivity contribution in [3.63, 3.8) is 0 Å². The Labute approximate surface area is 351 Å². The molecule has 0 radical (unpaired) electrons. The highest BCUT2D eigenvalue weighted by molar-refractivity contribution is 6.20. The smallest absolute Gasteiger partial charge is 0.143 e. The summed E-state index contributed by atoms with van der Waals surface area (Å²) < 4.78 is 6.82. The number of benzene rings is 9. The van der Waals surface area contributed by atoms with Gasteiger partial charge in [-0.05, 0) is 109 Å². The second-order valence-corrected chi connectivity index (χ2v) is 17.6. The molecule has 9 aromatic carbocycles. The van der Waals surface area contributed by atoms with Gasteiger partial charge in [0.15, 0.2) is 0 Å². The van der Waals surface area contributed by atoms with Gasteiger partial charge >= 0.3 is 0 Å². The fourth-order valence-corrected chi connectivity index (χ4v) is 10.8. The molecule has 2 heteroatoms. The number of fused-ring (bicyclic) bond motifs is 11. The summed E-state index contributed by atoms with van der Waals surface area (Å²) in [6.45, 7) is 9.47. The number of furan rings is 1. The molecule has 0 spiro atoms. The molecule has 0 unspecified atom stereocenters. The van der Waals surface area contributed by atoms with Crippen LogP contribution in [0.25, 0.3) is 77.2 Å². The first-order chi connectivity index (χ1) is 29.3. The lowest BCUT2D eigenvalue weighted by Crippen LogP contribution is -2.16. The topological polar surface area (TPSA) is 16.4 Å². The normalized spacial score (nSPS) is 14.3. The third-order valence-corrected chi connectivity index (χ3v) is 13.6. The predicted octanol–water partition coefficient (Wildman–Crippen LogP) is 16.2. The molecule has 0 bridgehead atoms. The molecule has 0 N–H and O–H groups in total. The van der Waals surface area contributed by atoms with E-state index >= 15 is 0 Å². The van der Waals surface area contributed by atoms with Gasteiger partial charge in [-0.25, -0.2) is 0 Å². The minimum atomic E-state index is -0.143. The summed E-state index contributed by atoms with van der Waals surface area (Å²) >= 11 is 0. The van der Waals surface area contributed by atoms with Gasteiger partial charge in [-0.2, -0.15) is 0 Å². The maximum atomic E-state index is 6.82. The van der Waals surface area contributed by atoms with Crippen molar-refractivity contribution in [1.29, 1.82) is 0 Å². The van der Waals surface area contributed by atoms with Gasteiger partial charge in [-0.1, -0.05) is 173 Å². The minimum absolute atomic E-state index is 0.113. The zero-order chi connectivity index (χ0) is 40.3. The Bertz CT molecular complexity index is 3400. The van der Waals surface area contributed by atoms with E-state index in [1.807, 2.05) is 0 Å². The highest BCUT2D eigenvalue weighted by atomic mass is 16.3. The number of anilines is 3. The van der Waals surface area contributed by atoms with Crippen LogP contribution >= 0.6 is 0 Å². The summed E-state index contributed by atoms with van der Waals surface area (Å²) in [7, 11) is 0. The van der Waals surface area contributed by atoms with Crippen LogP contribution in [0, 0.1) is 0 Å². The molecule has 12 rings (SSSR count). The van der Waals surface area contributed by atoms with Crippen molar-refractivity contribution in [3.05, 3.63) is 210 Å². The number of hydrogen-bond donors (Lipinski definition) is 0. The zero-order valence-corrected chi connectivity index (χ0v) is 34.3. The molecule has 2 nitrogen and oxygen atoms in total. The Balaban J connectivity index is 1.10. The fraction of sp³-hybridized carbons (Fsp3) is 0.103. The van der Waals surface area contributed by atoms with E-state index in [9.17, 15) is 0 Å². The molecule has 286 valence electrons. The van der Waals surface area contributed by atoms with Crippen LogP contribution in [0.4, 0.5) is 17.1 Å². The van der Waals surface area contributed by atoms with Gasteiger partial charge in [0.2, 0.25) is 0 Å². The Hall–Kier alpha value is -7.16. The lowest BCUT2D eigenvalue weighted by atomic mass is 9.79. The number of hydrogen-bond acceptors (Lipinski definition) is 2. The average molecular weight is 770 g/mol. The molecule has 0 amide bonds. The maximum Gasteiger partial charge on any atom is 0.143 e. The third kappa shape index (κ3) is 4.88. The largest absolute Gasteiger partial charge is 0.455 e. The summed E-state index contributed by atoms with van der Waals surface area (Å²) in [6, 6.07) is 69.3. The molecule has 1 heterocycles. The van der Waals surface area contributed by atoms with Crippen molar-refractivity contribution in [1.82, 2.24) is 0 Å². The van der Waals surface area contributed by atoms with Crippen LogP contribution in [0.3, 0.4) is 0 Å². The van der Waals surface area contributed by atoms with Gasteiger partial charge in [-0.3, -0.25) is 0 Å². The summed E-state index contributed by atoms with van der Waals surface area (Å²) in [5, 5.41) is 4.49. The average Bonchev–Trinajstić information content (AvgIpc) is 3.87. The highest BCUT2D eigenvalue weighted by Gasteiger charge is 2.38. The van der Waals surface area contributed by atoms with Gasteiger partial charge in [0.25, 0.3) is 0 Å². The van der Waals surface area contributed by atoms with Crippen LogP contribution in [-0.2, 0) is 10.8 Å². The molecule has 2 aliphatic carbocycles. The molecule has 0 aliphatic heterocycles. The molecule has 60 heavy (non-hydrogen) atoms. The van der Waals surface area contributed by atoms with Crippen LogP contribution in [0.2, 0.25) is 0 Å². The number of para-hydroxylation sites is 1. The second-order valence-electron chi connectivity index (χ2n) is 17.6. The SMILES string of the molecule is CC1(C)c2ccccc2-c2ccc(-c3ccccc3N(c3cccc(-c4cccc5c4C(C)(C)c4ccccc4-5)c3)c3cccc4oc5c6ccccc6ccc5c34)cc21. The lowest BCUT2D eigenvalue weighted by molar-refractivity contribution is 0.660. The molecule has 1 aromatic heterocycles. The van der Waals surface area contributed by atoms with E-state index in [2.05, 4.69) is 221 Å². The first-order valence-corrected chi connectivity index (χ1v) is 21.1. The molecule has 10 aromatic rings. The van der Waals surface area contributed by atoms with E-state index < -0.39 is 0 Å². The van der Waals surface area contributed by atoms with Crippen molar-refractivity contribution in [2.24, 2.45) is 0 Å². The molecular weight excluding hydrogens is 727 g/mol. The van der Waals surface area contributed by atoms with Crippen molar-refractivity contribution in [3.8, 4) is 44.5 Å². The van der Waals surface area contributed by atoms with Crippen LogP contribution in [0.15, 0.2) is 192 Å². The first-order valence-electron chi connectivity index (χ1n) is 21.1. The first kappa shape index (κ1) is 34.8. The number of rotatable bonds is 5. The molecule has 0 atom stereocenters. The van der Waals surface area contributed by atoms with Gasteiger partial charge in [0.05, 0.1) is 16.8 Å². The van der Waals surface area contributed by atoms with E-state index in [1.165, 1.54) is 72.1 Å². The molecule has 0 fully saturated rings. The Morgan fingerprint density at radius 1 is 0.400 bits per heavy atom. The molecular formula is C58H43NO. The predicted molar refractivity (Wildman–Crippen MR) is 252 cm³/mol. The van der Waals surface area contributed by atoms with Gasteiger partial charge in [-0.15, -0.1) is 0 Å². The molecule has 0 saturated carbocycles. The van der Waals surface area contributed by atoms with Gasteiger partial charge in [0.1, 0.15) is 11.2 Å². The third-order valence-electron chi connectivity index (χ3n) is 13.6. The van der Waals surface area contributed by atoms with Crippen LogP contribution in [0.1, 0.15) is 49.9 Å². The van der Waals surface area contributed by atoms with E-state index in [4.69, 9.17) is 4.42 Å². The highest BCUT2D eigenvalue weighted by Crippen LogP contribution is 2.54. The van der Waals surface area contributed by atoms with Crippen molar-refractivity contribution >= 4 is 49.8 Å². The van der Waals surface area contributed by atoms with E-state index in [1.54, 1.807) is 0 Å². The van der Waals surface area contributed by atoms with Crippen LogP contribution in [-0.4, -0.2) is 0 Å². The molecule has 2 aliphatic rings. The maximum absolute atomic E-state index is 6.82. The second kappa shape index (κ2) is 12.7. The Kier molecular flexibility index (Phi) is 7.36. The quantitative estimate of drug-likeness (QED) is 0.173. The van der Waals surface area contributed by atoms with Gasteiger partial charge in [0, 0.05) is 32.9 Å². The summed E-state index contributed by atoms with van der Waals surface area (Å²) in [6.07, 6.45) is 0. The van der Waals surface area contributed by atoms with Crippen LogP contribution in [0.5, 0.6) is 0 Å². The number of nitrogens with zero attached hydrogens (tertiary/aromatic N) is 1. The zero-order valence-electron chi connectivity index (χ0n) is 34.3. The Morgan fingerprint density at radius 3 is 1.87 bits per heavy atom. The monoisotopic (exact) mass is 769 g/mol. The summed E-state index contributed by atoms with van der Waals surface area (Å²) in [5.74, 6) is 0. The lowest BCUT2D eigenvalue weighted by Gasteiger charge is -2.30. The summed E-state index contributed by atoms with van der Waals surface area (Å²) in [4.78, 5) is 2.47. The summed E-state index contributed by atoms with van der Waals surface area (Å²) in [5.41, 5.74) is 20.4. The van der Waals surface area contributed by atoms with E-state index in [-0.39, 0.29) is 10.8 Å². The van der Waals surface area contributed by atoms with Crippen molar-refractivity contribution in [2.45, 2.75) is 38.5 Å². The van der Waals surface area contributed by atoms with E-state index in [0.717, 1.165) is 44.4 Å². The van der Waals surface area contributed by atoms with Crippen molar-refractivity contribution < 1.29 is 4.42 Å². The van der Waals surface area contributed by atoms with E-state index in [0.29, 0.717) is 0 Å². The molecule has 0 saturated heterocycles. The minimum Gasteiger partial charge on any atom is -0.455 e. The van der Waals surface area contributed by atoms with Crippen molar-refractivity contribution in [2.75, 3.05) is 4.90 Å². The fourth-order valence-electron chi connectivity index (χ4n) is 10.8. The van der Waals surface area contributed by atoms with Crippen LogP contribution < -0.4 is 4.90 Å². The van der Waals surface area contributed by atoms with Gasteiger partial charge < -0.3 is 9.32 Å². The Morgan fingerprint density at radius 2 is 1.02 bits per heavy atom.